The number of amides is 1. The van der Waals surface area contributed by atoms with Crippen molar-refractivity contribution in [1.82, 2.24) is 0 Å². The molecule has 0 aromatic heterocycles. The topological polar surface area (TPSA) is 53.9 Å². The average molecular weight is 372 g/mol. The maximum absolute atomic E-state index is 11.9. The summed E-state index contributed by atoms with van der Waals surface area (Å²) in [4.78, 5) is 19.3. The van der Waals surface area contributed by atoms with E-state index in [0.29, 0.717) is 5.02 Å². The lowest BCUT2D eigenvalue weighted by Crippen LogP contribution is -2.29. The van der Waals surface area contributed by atoms with Gasteiger partial charge in [-0.3, -0.25) is 4.79 Å². The summed E-state index contributed by atoms with van der Waals surface area (Å²) in [6.45, 7) is 2.06. The number of nitrogens with zero attached hydrogens (tertiary/aromatic N) is 2. The van der Waals surface area contributed by atoms with Gasteiger partial charge in [-0.1, -0.05) is 28.9 Å². The number of carbonyl (C=O) groups is 1. The minimum Gasteiger partial charge on any atom is -0.386 e. The molecule has 1 aliphatic heterocycles. The van der Waals surface area contributed by atoms with E-state index in [2.05, 4.69) is 15.4 Å². The van der Waals surface area contributed by atoms with E-state index < -0.39 is 0 Å². The number of rotatable bonds is 6. The van der Waals surface area contributed by atoms with Gasteiger partial charge in [-0.15, -0.1) is 0 Å². The maximum Gasteiger partial charge on any atom is 0.265 e. The first-order valence-corrected chi connectivity index (χ1v) is 9.14. The molecule has 0 radical (unpaired) electrons. The van der Waals surface area contributed by atoms with Gasteiger partial charge in [0.05, 0.1) is 6.21 Å². The molecule has 5 nitrogen and oxygen atoms in total. The highest BCUT2D eigenvalue weighted by Crippen LogP contribution is 2.21. The van der Waals surface area contributed by atoms with E-state index in [1.54, 1.807) is 12.1 Å². The molecule has 0 atom stereocenters. The molecule has 6 heteroatoms. The van der Waals surface area contributed by atoms with Crippen LogP contribution in [0.25, 0.3) is 0 Å². The minimum atomic E-state index is -0.246. The highest BCUT2D eigenvalue weighted by Gasteiger charge is 2.11. The quantitative estimate of drug-likeness (QED) is 0.607. The van der Waals surface area contributed by atoms with Crippen molar-refractivity contribution in [2.45, 2.75) is 19.3 Å². The van der Waals surface area contributed by atoms with E-state index in [9.17, 15) is 4.79 Å². The van der Waals surface area contributed by atoms with Crippen LogP contribution in [0.15, 0.2) is 53.7 Å². The van der Waals surface area contributed by atoms with Crippen molar-refractivity contribution >= 4 is 35.1 Å². The number of benzene rings is 2. The highest BCUT2D eigenvalue weighted by atomic mass is 35.5. The molecule has 1 amide bonds. The summed E-state index contributed by atoms with van der Waals surface area (Å²) in [6.07, 6.45) is 5.33. The third-order valence-corrected chi connectivity index (χ3v) is 4.47. The smallest absolute Gasteiger partial charge is 0.265 e. The zero-order valence-electron chi connectivity index (χ0n) is 14.5. The van der Waals surface area contributed by atoms with Crippen molar-refractivity contribution in [1.29, 1.82) is 0 Å². The molecule has 0 aliphatic carbocycles. The van der Waals surface area contributed by atoms with Gasteiger partial charge in [0, 0.05) is 29.5 Å². The van der Waals surface area contributed by atoms with Crippen molar-refractivity contribution in [2.24, 2.45) is 5.16 Å². The second-order valence-corrected chi connectivity index (χ2v) is 6.64. The monoisotopic (exact) mass is 371 g/mol. The summed E-state index contributed by atoms with van der Waals surface area (Å²) in [5.41, 5.74) is 2.80. The van der Waals surface area contributed by atoms with Gasteiger partial charge in [-0.05, 0) is 61.2 Å². The number of hydrogen-bond acceptors (Lipinski definition) is 4. The Labute approximate surface area is 158 Å². The molecule has 0 bridgehead atoms. The largest absolute Gasteiger partial charge is 0.386 e. The summed E-state index contributed by atoms with van der Waals surface area (Å²) in [7, 11) is 0. The van der Waals surface area contributed by atoms with Crippen LogP contribution in [0.5, 0.6) is 0 Å². The highest BCUT2D eigenvalue weighted by molar-refractivity contribution is 6.30. The molecule has 2 aromatic rings. The van der Waals surface area contributed by atoms with Crippen molar-refractivity contribution < 1.29 is 9.63 Å². The Kier molecular flexibility index (Phi) is 6.50. The van der Waals surface area contributed by atoms with Crippen molar-refractivity contribution in [3.8, 4) is 0 Å². The van der Waals surface area contributed by atoms with Crippen LogP contribution in [0.1, 0.15) is 24.8 Å². The molecular weight excluding hydrogens is 350 g/mol. The normalized spacial score (nSPS) is 14.4. The molecule has 1 aliphatic rings. The summed E-state index contributed by atoms with van der Waals surface area (Å²) < 4.78 is 0. The number of nitrogens with one attached hydrogen (secondary N) is 1. The van der Waals surface area contributed by atoms with E-state index >= 15 is 0 Å². The lowest BCUT2D eigenvalue weighted by Gasteiger charge is -2.28. The number of carbonyl (C=O) groups excluding carboxylic acids is 1. The Morgan fingerprint density at radius 2 is 1.77 bits per heavy atom. The predicted octanol–water partition coefficient (Wildman–Crippen LogP) is 4.32. The van der Waals surface area contributed by atoms with E-state index in [1.165, 1.54) is 31.2 Å². The maximum atomic E-state index is 11.9. The first-order chi connectivity index (χ1) is 12.7. The summed E-state index contributed by atoms with van der Waals surface area (Å²) in [6, 6.07) is 15.1. The van der Waals surface area contributed by atoms with E-state index in [1.807, 2.05) is 36.4 Å². The molecule has 2 aromatic carbocycles. The molecule has 0 unspecified atom stereocenters. The third-order valence-electron chi connectivity index (χ3n) is 4.21. The lowest BCUT2D eigenvalue weighted by molar-refractivity contribution is -0.120. The van der Waals surface area contributed by atoms with E-state index in [4.69, 9.17) is 16.4 Å². The lowest BCUT2D eigenvalue weighted by atomic mass is 10.1. The van der Waals surface area contributed by atoms with Crippen LogP contribution < -0.4 is 10.2 Å². The molecule has 1 fully saturated rings. The van der Waals surface area contributed by atoms with Gasteiger partial charge in [0.2, 0.25) is 0 Å². The Morgan fingerprint density at radius 1 is 1.08 bits per heavy atom. The average Bonchev–Trinajstić information content (AvgIpc) is 2.68. The first-order valence-electron chi connectivity index (χ1n) is 8.76. The zero-order valence-corrected chi connectivity index (χ0v) is 15.3. The Morgan fingerprint density at radius 3 is 2.46 bits per heavy atom. The van der Waals surface area contributed by atoms with Crippen molar-refractivity contribution in [3.63, 3.8) is 0 Å². The predicted molar refractivity (Wildman–Crippen MR) is 106 cm³/mol. The summed E-state index contributed by atoms with van der Waals surface area (Å²) in [5, 5.41) is 7.26. The van der Waals surface area contributed by atoms with Crippen LogP contribution in [-0.2, 0) is 9.63 Å². The molecule has 1 heterocycles. The van der Waals surface area contributed by atoms with Crippen molar-refractivity contribution in [3.05, 3.63) is 59.1 Å². The second kappa shape index (κ2) is 9.25. The zero-order chi connectivity index (χ0) is 18.2. The molecular formula is C20H22ClN3O2. The van der Waals surface area contributed by atoms with Crippen LogP contribution in [0.3, 0.4) is 0 Å². The number of oxime groups is 1. The fraction of sp³-hybridized carbons (Fsp3) is 0.300. The summed E-state index contributed by atoms with van der Waals surface area (Å²) >= 11 is 5.81. The van der Waals surface area contributed by atoms with Gasteiger partial charge in [-0.25, -0.2) is 0 Å². The van der Waals surface area contributed by atoms with Crippen LogP contribution >= 0.6 is 11.6 Å². The number of hydrogen-bond donors (Lipinski definition) is 1. The number of piperidine rings is 1. The third kappa shape index (κ3) is 5.49. The molecule has 26 heavy (non-hydrogen) atoms. The fourth-order valence-electron chi connectivity index (χ4n) is 2.85. The van der Waals surface area contributed by atoms with Gasteiger partial charge < -0.3 is 15.1 Å². The van der Waals surface area contributed by atoms with Crippen molar-refractivity contribution in [2.75, 3.05) is 29.9 Å². The minimum absolute atomic E-state index is 0.141. The Balaban J connectivity index is 1.43. The van der Waals surface area contributed by atoms with Crippen LogP contribution in [0, 0.1) is 0 Å². The van der Waals surface area contributed by atoms with Crippen LogP contribution in [0.4, 0.5) is 11.4 Å². The van der Waals surface area contributed by atoms with Crippen LogP contribution in [-0.4, -0.2) is 31.8 Å². The number of anilines is 2. The molecule has 3 rings (SSSR count). The SMILES string of the molecule is O=C(CO/N=C\c1ccc(Cl)cc1)Nc1ccc(N2CCCCC2)cc1. The first kappa shape index (κ1) is 18.3. The standard InChI is InChI=1S/C20H22ClN3O2/c21-17-6-4-16(5-7-17)14-22-26-15-20(25)23-18-8-10-19(11-9-18)24-12-2-1-3-13-24/h4-11,14H,1-3,12-13,15H2,(H,23,25)/b22-14-. The van der Waals surface area contributed by atoms with Gasteiger partial charge in [0.1, 0.15) is 0 Å². The molecule has 1 N–H and O–H groups in total. The van der Waals surface area contributed by atoms with Gasteiger partial charge in [0.25, 0.3) is 5.91 Å². The Bertz CT molecular complexity index is 739. The number of halogens is 1. The molecule has 1 saturated heterocycles. The molecule has 0 saturated carbocycles. The van der Waals surface area contributed by atoms with Gasteiger partial charge in [0.15, 0.2) is 6.61 Å². The summed E-state index contributed by atoms with van der Waals surface area (Å²) in [5.74, 6) is -0.246. The Hall–Kier alpha value is -2.53. The van der Waals surface area contributed by atoms with Crippen LogP contribution in [0.2, 0.25) is 5.02 Å². The second-order valence-electron chi connectivity index (χ2n) is 6.20. The van der Waals surface area contributed by atoms with E-state index in [-0.39, 0.29) is 12.5 Å². The van der Waals surface area contributed by atoms with Gasteiger partial charge >= 0.3 is 0 Å². The fourth-order valence-corrected chi connectivity index (χ4v) is 2.97. The van der Waals surface area contributed by atoms with Gasteiger partial charge in [-0.2, -0.15) is 0 Å². The van der Waals surface area contributed by atoms with E-state index in [0.717, 1.165) is 24.3 Å². The molecule has 0 spiro atoms. The molecule has 136 valence electrons.